The Kier molecular flexibility index (Phi) is 7.05. The van der Waals surface area contributed by atoms with Gasteiger partial charge in [-0.15, -0.1) is 0 Å². The van der Waals surface area contributed by atoms with Gasteiger partial charge in [0.25, 0.3) is 5.91 Å². The van der Waals surface area contributed by atoms with Crippen LogP contribution < -0.4 is 5.48 Å². The van der Waals surface area contributed by atoms with Crippen LogP contribution in [0.5, 0.6) is 0 Å². The number of nitrogens with zero attached hydrogens (tertiary/aromatic N) is 2. The third-order valence-electron chi connectivity index (χ3n) is 5.17. The lowest BCUT2D eigenvalue weighted by Crippen LogP contribution is -2.54. The van der Waals surface area contributed by atoms with Gasteiger partial charge in [0.15, 0.2) is 14.6 Å². The van der Waals surface area contributed by atoms with Crippen LogP contribution in [-0.2, 0) is 19.4 Å². The third kappa shape index (κ3) is 4.77. The van der Waals surface area contributed by atoms with Crippen molar-refractivity contribution in [2.75, 3.05) is 13.2 Å². The lowest BCUT2D eigenvalue weighted by molar-refractivity contribution is -0.134. The van der Waals surface area contributed by atoms with Crippen molar-refractivity contribution >= 4 is 15.7 Å². The zero-order valence-electron chi connectivity index (χ0n) is 17.5. The van der Waals surface area contributed by atoms with Crippen molar-refractivity contribution in [2.45, 2.75) is 42.8 Å². The zero-order valence-corrected chi connectivity index (χ0v) is 18.3. The summed E-state index contributed by atoms with van der Waals surface area (Å²) in [5, 5.41) is 9.13. The molecule has 8 nitrogen and oxygen atoms in total. The Labute approximate surface area is 181 Å². The average Bonchev–Trinajstić information content (AvgIpc) is 2.79. The summed E-state index contributed by atoms with van der Waals surface area (Å²) >= 11 is 0. The fourth-order valence-corrected chi connectivity index (χ4v) is 5.28. The smallest absolute Gasteiger partial charge is 0.265 e. The first kappa shape index (κ1) is 22.9. The number of benzene rings is 1. The minimum atomic E-state index is -4.06. The summed E-state index contributed by atoms with van der Waals surface area (Å²) in [6, 6.07) is 6.10. The SMILES string of the molecule is CC(C)CC#Cc1cnc(-c2ccc(S(=O)(=O)C3(C(=O)NO)CCOCC3)cc2)cn1. The van der Waals surface area contributed by atoms with Gasteiger partial charge in [-0.1, -0.05) is 31.9 Å². The first-order chi connectivity index (χ1) is 14.8. The predicted molar refractivity (Wildman–Crippen MR) is 114 cm³/mol. The molecule has 0 radical (unpaired) electrons. The molecule has 2 N–H and O–H groups in total. The summed E-state index contributed by atoms with van der Waals surface area (Å²) < 4.78 is 30.0. The molecule has 1 aliphatic heterocycles. The van der Waals surface area contributed by atoms with E-state index in [1.807, 2.05) is 0 Å². The number of carbonyl (C=O) groups is 1. The van der Waals surface area contributed by atoms with Crippen LogP contribution in [0, 0.1) is 17.8 Å². The Bertz CT molecular complexity index is 1080. The van der Waals surface area contributed by atoms with Gasteiger partial charge in [-0.2, -0.15) is 0 Å². The average molecular weight is 444 g/mol. The second kappa shape index (κ2) is 9.56. The number of carbonyl (C=O) groups excluding carboxylic acids is 1. The molecule has 0 aliphatic carbocycles. The van der Waals surface area contributed by atoms with Crippen LogP contribution in [0.2, 0.25) is 0 Å². The molecule has 164 valence electrons. The molecule has 0 spiro atoms. The Morgan fingerprint density at radius 1 is 1.19 bits per heavy atom. The predicted octanol–water partition coefficient (Wildman–Crippen LogP) is 2.37. The van der Waals surface area contributed by atoms with Crippen molar-refractivity contribution in [1.82, 2.24) is 15.4 Å². The highest BCUT2D eigenvalue weighted by molar-refractivity contribution is 7.93. The lowest BCUT2D eigenvalue weighted by atomic mass is 9.98. The number of nitrogens with one attached hydrogen (secondary N) is 1. The van der Waals surface area contributed by atoms with E-state index >= 15 is 0 Å². The molecular weight excluding hydrogens is 418 g/mol. The summed E-state index contributed by atoms with van der Waals surface area (Å²) in [7, 11) is -4.06. The van der Waals surface area contributed by atoms with E-state index in [-0.39, 0.29) is 31.0 Å². The highest BCUT2D eigenvalue weighted by Crippen LogP contribution is 2.35. The maximum absolute atomic E-state index is 13.3. The van der Waals surface area contributed by atoms with Crippen LogP contribution in [0.25, 0.3) is 11.3 Å². The molecule has 1 fully saturated rings. The third-order valence-corrected chi connectivity index (χ3v) is 7.68. The molecule has 1 saturated heterocycles. The van der Waals surface area contributed by atoms with Gasteiger partial charge >= 0.3 is 0 Å². The summed E-state index contributed by atoms with van der Waals surface area (Å²) in [6.07, 6.45) is 3.88. The quantitative estimate of drug-likeness (QED) is 0.414. The normalized spacial score (nSPS) is 15.7. The van der Waals surface area contributed by atoms with Gasteiger partial charge in [-0.05, 0) is 36.8 Å². The van der Waals surface area contributed by atoms with Gasteiger partial charge in [0.1, 0.15) is 5.69 Å². The zero-order chi connectivity index (χ0) is 22.5. The molecule has 0 unspecified atom stereocenters. The van der Waals surface area contributed by atoms with Gasteiger partial charge in [0.2, 0.25) is 0 Å². The van der Waals surface area contributed by atoms with Crippen molar-refractivity contribution in [3.8, 4) is 23.1 Å². The summed E-state index contributed by atoms with van der Waals surface area (Å²) in [5.74, 6) is 5.56. The monoisotopic (exact) mass is 443 g/mol. The van der Waals surface area contributed by atoms with E-state index in [2.05, 4.69) is 35.7 Å². The van der Waals surface area contributed by atoms with Crippen molar-refractivity contribution in [1.29, 1.82) is 0 Å². The molecule has 3 rings (SSSR count). The number of ether oxygens (including phenoxy) is 1. The van der Waals surface area contributed by atoms with E-state index in [1.54, 1.807) is 24.5 Å². The van der Waals surface area contributed by atoms with E-state index in [0.717, 1.165) is 6.42 Å². The van der Waals surface area contributed by atoms with Crippen molar-refractivity contribution in [3.05, 3.63) is 42.4 Å². The molecule has 1 aliphatic rings. The first-order valence-corrected chi connectivity index (χ1v) is 11.5. The highest BCUT2D eigenvalue weighted by atomic mass is 32.2. The molecule has 0 atom stereocenters. The molecule has 31 heavy (non-hydrogen) atoms. The number of hydrogen-bond acceptors (Lipinski definition) is 7. The largest absolute Gasteiger partial charge is 0.381 e. The number of sulfone groups is 1. The highest BCUT2D eigenvalue weighted by Gasteiger charge is 2.52. The molecule has 1 aromatic heterocycles. The molecule has 1 amide bonds. The van der Waals surface area contributed by atoms with Crippen LogP contribution in [0.15, 0.2) is 41.6 Å². The van der Waals surface area contributed by atoms with Gasteiger partial charge in [0, 0.05) is 25.2 Å². The molecule has 0 bridgehead atoms. The van der Waals surface area contributed by atoms with Crippen LogP contribution >= 0.6 is 0 Å². The van der Waals surface area contributed by atoms with Gasteiger partial charge in [-0.25, -0.2) is 18.9 Å². The summed E-state index contributed by atoms with van der Waals surface area (Å²) in [5.41, 5.74) is 3.34. The number of amides is 1. The van der Waals surface area contributed by atoms with Crippen molar-refractivity contribution < 1.29 is 23.2 Å². The fourth-order valence-electron chi connectivity index (χ4n) is 3.34. The summed E-state index contributed by atoms with van der Waals surface area (Å²) in [4.78, 5) is 21.0. The van der Waals surface area contributed by atoms with E-state index in [0.29, 0.717) is 22.9 Å². The van der Waals surface area contributed by atoms with E-state index in [4.69, 9.17) is 9.94 Å². The van der Waals surface area contributed by atoms with Gasteiger partial charge in [0.05, 0.1) is 23.0 Å². The number of hydroxylamine groups is 1. The molecular formula is C22H25N3O5S. The molecule has 2 heterocycles. The Morgan fingerprint density at radius 2 is 1.87 bits per heavy atom. The van der Waals surface area contributed by atoms with E-state index in [1.165, 1.54) is 17.6 Å². The molecule has 9 heteroatoms. The Balaban J connectivity index is 1.85. The van der Waals surface area contributed by atoms with Gasteiger partial charge < -0.3 is 4.74 Å². The second-order valence-corrected chi connectivity index (χ2v) is 10.0. The molecule has 0 saturated carbocycles. The van der Waals surface area contributed by atoms with E-state index < -0.39 is 20.5 Å². The van der Waals surface area contributed by atoms with Crippen molar-refractivity contribution in [3.63, 3.8) is 0 Å². The van der Waals surface area contributed by atoms with Crippen LogP contribution in [-0.4, -0.2) is 47.5 Å². The van der Waals surface area contributed by atoms with Crippen LogP contribution in [0.4, 0.5) is 0 Å². The van der Waals surface area contributed by atoms with E-state index in [9.17, 15) is 13.2 Å². The second-order valence-electron chi connectivity index (χ2n) is 7.76. The Hall–Kier alpha value is -2.80. The number of hydrogen-bond donors (Lipinski definition) is 2. The fraction of sp³-hybridized carbons (Fsp3) is 0.409. The lowest BCUT2D eigenvalue weighted by Gasteiger charge is -2.34. The topological polar surface area (TPSA) is 118 Å². The minimum Gasteiger partial charge on any atom is -0.381 e. The maximum Gasteiger partial charge on any atom is 0.265 e. The van der Waals surface area contributed by atoms with Crippen LogP contribution in [0.1, 0.15) is 38.8 Å². The number of rotatable bonds is 5. The summed E-state index contributed by atoms with van der Waals surface area (Å²) in [6.45, 7) is 4.42. The standard InChI is InChI=1S/C22H25N3O5S/c1-16(2)4-3-5-18-14-24-20(15-23-18)17-6-8-19(9-7-17)31(28,29)22(21(26)25-27)10-12-30-13-11-22/h6-9,14-16,27H,4,10-13H2,1-2H3,(H,25,26). The van der Waals surface area contributed by atoms with Crippen LogP contribution in [0.3, 0.4) is 0 Å². The maximum atomic E-state index is 13.3. The molecule has 2 aromatic rings. The van der Waals surface area contributed by atoms with Gasteiger partial charge in [-0.3, -0.25) is 15.0 Å². The molecule has 1 aromatic carbocycles. The first-order valence-electron chi connectivity index (χ1n) is 9.98. The Morgan fingerprint density at radius 3 is 2.42 bits per heavy atom. The minimum absolute atomic E-state index is 0.00844. The number of aromatic nitrogens is 2. The van der Waals surface area contributed by atoms with Crippen molar-refractivity contribution in [2.24, 2.45) is 5.92 Å².